The molecule has 8 nitrogen and oxygen atoms in total. The molecule has 1 aliphatic carbocycles. The first-order valence-electron chi connectivity index (χ1n) is 8.52. The summed E-state index contributed by atoms with van der Waals surface area (Å²) in [6.45, 7) is 4.27. The Hall–Kier alpha value is -1.71. The molecule has 0 spiro atoms. The van der Waals surface area contributed by atoms with Gasteiger partial charge in [-0.1, -0.05) is 13.8 Å². The van der Waals surface area contributed by atoms with E-state index >= 15 is 0 Å². The molecule has 1 unspecified atom stereocenters. The zero-order valence-electron chi connectivity index (χ0n) is 14.6. The largest absolute Gasteiger partial charge is 0.353 e. The number of aromatic nitrogens is 1. The first-order chi connectivity index (χ1) is 11.8. The van der Waals surface area contributed by atoms with E-state index in [4.69, 9.17) is 5.73 Å². The molecule has 1 amide bonds. The summed E-state index contributed by atoms with van der Waals surface area (Å²) < 4.78 is 27.5. The van der Waals surface area contributed by atoms with E-state index in [0.29, 0.717) is 25.6 Å². The van der Waals surface area contributed by atoms with Crippen molar-refractivity contribution in [2.24, 2.45) is 11.7 Å². The van der Waals surface area contributed by atoms with Gasteiger partial charge in [-0.3, -0.25) is 9.59 Å². The average Bonchev–Trinajstić information content (AvgIpc) is 3.40. The predicted octanol–water partition coefficient (Wildman–Crippen LogP) is -0.268. The van der Waals surface area contributed by atoms with Gasteiger partial charge in [0.2, 0.25) is 15.9 Å². The molecule has 1 fully saturated rings. The molecule has 0 saturated heterocycles. The number of carbonyl (C=O) groups is 1. The van der Waals surface area contributed by atoms with Crippen LogP contribution in [0.15, 0.2) is 28.0 Å². The third kappa shape index (κ3) is 4.90. The molecule has 2 rings (SSSR count). The van der Waals surface area contributed by atoms with Gasteiger partial charge >= 0.3 is 0 Å². The molecule has 25 heavy (non-hydrogen) atoms. The van der Waals surface area contributed by atoms with Crippen molar-refractivity contribution in [3.05, 3.63) is 28.7 Å². The van der Waals surface area contributed by atoms with E-state index in [9.17, 15) is 18.0 Å². The number of hydrogen-bond donors (Lipinski definition) is 2. The number of sulfonamides is 1. The molecule has 0 aromatic carbocycles. The molecule has 0 bridgehead atoms. The Morgan fingerprint density at radius 1 is 1.36 bits per heavy atom. The maximum atomic E-state index is 12.5. The van der Waals surface area contributed by atoms with Crippen LogP contribution >= 0.6 is 0 Å². The van der Waals surface area contributed by atoms with Gasteiger partial charge in [-0.05, 0) is 24.8 Å². The number of rotatable bonds is 9. The monoisotopic (exact) mass is 370 g/mol. The van der Waals surface area contributed by atoms with Crippen molar-refractivity contribution in [1.82, 2.24) is 14.2 Å². The SMILES string of the molecule is CCN(CC)S(=O)(=O)c1ccc(=O)n(CC(=O)NCC(N)C2CC2)c1. The Bertz CT molecular complexity index is 767. The maximum absolute atomic E-state index is 12.5. The molecule has 140 valence electrons. The van der Waals surface area contributed by atoms with Gasteiger partial charge in [0.1, 0.15) is 6.54 Å². The van der Waals surface area contributed by atoms with Crippen LogP contribution in [0.3, 0.4) is 0 Å². The van der Waals surface area contributed by atoms with E-state index in [1.807, 2.05) is 0 Å². The predicted molar refractivity (Wildman–Crippen MR) is 94.5 cm³/mol. The zero-order chi connectivity index (χ0) is 18.6. The third-order valence-corrected chi connectivity index (χ3v) is 6.41. The first-order valence-corrected chi connectivity index (χ1v) is 9.96. The standard InChI is InChI=1S/C16H26N4O4S/c1-3-20(4-2)25(23,24)13-7-8-16(22)19(10-13)11-15(21)18-9-14(17)12-5-6-12/h7-8,10,12,14H,3-6,9,11,17H2,1-2H3,(H,18,21). The number of nitrogens with two attached hydrogens (primary N) is 1. The van der Waals surface area contributed by atoms with Crippen molar-refractivity contribution < 1.29 is 13.2 Å². The Balaban J connectivity index is 2.10. The summed E-state index contributed by atoms with van der Waals surface area (Å²) in [6.07, 6.45) is 3.39. The van der Waals surface area contributed by atoms with Gasteiger partial charge in [0.05, 0.1) is 4.90 Å². The molecule has 0 radical (unpaired) electrons. The van der Waals surface area contributed by atoms with E-state index < -0.39 is 15.6 Å². The third-order valence-electron chi connectivity index (χ3n) is 4.38. The number of nitrogens with one attached hydrogen (secondary N) is 1. The van der Waals surface area contributed by atoms with E-state index in [-0.39, 0.29) is 23.4 Å². The second-order valence-corrected chi connectivity index (χ2v) is 8.16. The van der Waals surface area contributed by atoms with Gasteiger partial charge in [0, 0.05) is 37.9 Å². The first kappa shape index (κ1) is 19.6. The summed E-state index contributed by atoms with van der Waals surface area (Å²) in [6, 6.07) is 2.36. The fourth-order valence-corrected chi connectivity index (χ4v) is 4.11. The quantitative estimate of drug-likeness (QED) is 0.621. The lowest BCUT2D eigenvalue weighted by Gasteiger charge is -2.19. The van der Waals surface area contributed by atoms with E-state index in [1.165, 1.54) is 22.6 Å². The highest BCUT2D eigenvalue weighted by molar-refractivity contribution is 7.89. The Morgan fingerprint density at radius 3 is 2.56 bits per heavy atom. The number of nitrogens with zero attached hydrogens (tertiary/aromatic N) is 2. The fraction of sp³-hybridized carbons (Fsp3) is 0.625. The molecular weight excluding hydrogens is 344 g/mol. The van der Waals surface area contributed by atoms with Crippen LogP contribution in [0.2, 0.25) is 0 Å². The van der Waals surface area contributed by atoms with Gasteiger partial charge in [-0.25, -0.2) is 8.42 Å². The second-order valence-electron chi connectivity index (χ2n) is 6.23. The van der Waals surface area contributed by atoms with E-state index in [0.717, 1.165) is 17.4 Å². The van der Waals surface area contributed by atoms with Crippen LogP contribution in [-0.2, 0) is 21.4 Å². The summed E-state index contributed by atoms with van der Waals surface area (Å²) in [4.78, 5) is 24.0. The lowest BCUT2D eigenvalue weighted by molar-refractivity contribution is -0.121. The van der Waals surface area contributed by atoms with Crippen molar-refractivity contribution in [1.29, 1.82) is 0 Å². The summed E-state index contributed by atoms with van der Waals surface area (Å²) in [7, 11) is -3.68. The number of hydrogen-bond acceptors (Lipinski definition) is 5. The normalized spacial score (nSPS) is 16.0. The number of pyridine rings is 1. The van der Waals surface area contributed by atoms with Gasteiger partial charge in [0.15, 0.2) is 0 Å². The van der Waals surface area contributed by atoms with Crippen LogP contribution in [0.5, 0.6) is 0 Å². The molecule has 1 atom stereocenters. The smallest absolute Gasteiger partial charge is 0.251 e. The van der Waals surface area contributed by atoms with Crippen molar-refractivity contribution in [2.45, 2.75) is 44.2 Å². The molecule has 1 aromatic rings. The topological polar surface area (TPSA) is 114 Å². The Morgan fingerprint density at radius 2 is 2.00 bits per heavy atom. The minimum absolute atomic E-state index is 0.00159. The molecule has 1 heterocycles. The molecule has 0 aliphatic heterocycles. The van der Waals surface area contributed by atoms with Crippen LogP contribution in [0.4, 0.5) is 0 Å². The summed E-state index contributed by atoms with van der Waals surface area (Å²) in [5, 5.41) is 2.70. The van der Waals surface area contributed by atoms with Crippen LogP contribution in [0.25, 0.3) is 0 Å². The second kappa shape index (κ2) is 8.11. The fourth-order valence-electron chi connectivity index (χ4n) is 2.63. The van der Waals surface area contributed by atoms with Gasteiger partial charge in [-0.15, -0.1) is 0 Å². The van der Waals surface area contributed by atoms with Crippen molar-refractivity contribution >= 4 is 15.9 Å². The van der Waals surface area contributed by atoms with Crippen molar-refractivity contribution in [3.8, 4) is 0 Å². The molecule has 3 N–H and O–H groups in total. The molecule has 1 aliphatic rings. The highest BCUT2D eigenvalue weighted by atomic mass is 32.2. The van der Waals surface area contributed by atoms with Gasteiger partial charge in [-0.2, -0.15) is 4.31 Å². The van der Waals surface area contributed by atoms with Crippen LogP contribution in [0, 0.1) is 5.92 Å². The highest BCUT2D eigenvalue weighted by Crippen LogP contribution is 2.31. The zero-order valence-corrected chi connectivity index (χ0v) is 15.5. The summed E-state index contributed by atoms with van der Waals surface area (Å²) in [5.74, 6) is 0.0983. The van der Waals surface area contributed by atoms with Crippen LogP contribution < -0.4 is 16.6 Å². The van der Waals surface area contributed by atoms with Crippen molar-refractivity contribution in [3.63, 3.8) is 0 Å². The van der Waals surface area contributed by atoms with Crippen LogP contribution in [-0.4, -0.2) is 48.9 Å². The highest BCUT2D eigenvalue weighted by Gasteiger charge is 2.28. The molecular formula is C16H26N4O4S. The molecule has 9 heteroatoms. The van der Waals surface area contributed by atoms with Gasteiger partial charge in [0.25, 0.3) is 5.56 Å². The Kier molecular flexibility index (Phi) is 6.36. The van der Waals surface area contributed by atoms with E-state index in [1.54, 1.807) is 13.8 Å². The Labute approximate surface area is 148 Å². The van der Waals surface area contributed by atoms with Crippen molar-refractivity contribution in [2.75, 3.05) is 19.6 Å². The minimum Gasteiger partial charge on any atom is -0.353 e. The minimum atomic E-state index is -3.68. The number of amides is 1. The maximum Gasteiger partial charge on any atom is 0.251 e. The van der Waals surface area contributed by atoms with Gasteiger partial charge < -0.3 is 15.6 Å². The van der Waals surface area contributed by atoms with Crippen LogP contribution in [0.1, 0.15) is 26.7 Å². The lowest BCUT2D eigenvalue weighted by atomic mass is 10.2. The van der Waals surface area contributed by atoms with E-state index in [2.05, 4.69) is 5.32 Å². The lowest BCUT2D eigenvalue weighted by Crippen LogP contribution is -2.41. The molecule has 1 aromatic heterocycles. The molecule has 1 saturated carbocycles. The summed E-state index contributed by atoms with van der Waals surface area (Å²) >= 11 is 0. The average molecular weight is 370 g/mol. The summed E-state index contributed by atoms with van der Waals surface area (Å²) in [5.41, 5.74) is 5.50. The number of carbonyl (C=O) groups excluding carboxylic acids is 1.